The number of benzene rings is 1. The summed E-state index contributed by atoms with van der Waals surface area (Å²) in [6.45, 7) is 0. The van der Waals surface area contributed by atoms with Crippen LogP contribution in [0.3, 0.4) is 0 Å². The molecule has 1 heterocycles. The highest BCUT2D eigenvalue weighted by Crippen LogP contribution is 2.48. The molecular weight excluding hydrogens is 244 g/mol. The van der Waals surface area contributed by atoms with Gasteiger partial charge in [-0.2, -0.15) is 0 Å². The Morgan fingerprint density at radius 2 is 2.00 bits per heavy atom. The SMILES string of the molecule is NC1(c2ccc3ncccc3c2)CCCC(C2CC2)C1. The highest BCUT2D eigenvalue weighted by atomic mass is 14.8. The first kappa shape index (κ1) is 12.3. The topological polar surface area (TPSA) is 38.9 Å². The van der Waals surface area contributed by atoms with Crippen LogP contribution in [0.25, 0.3) is 10.9 Å². The van der Waals surface area contributed by atoms with Gasteiger partial charge < -0.3 is 5.73 Å². The van der Waals surface area contributed by atoms with Crippen LogP contribution >= 0.6 is 0 Å². The van der Waals surface area contributed by atoms with Crippen LogP contribution < -0.4 is 5.73 Å². The molecule has 20 heavy (non-hydrogen) atoms. The molecular formula is C18H22N2. The Labute approximate surface area is 120 Å². The molecule has 2 N–H and O–H groups in total. The Hall–Kier alpha value is -1.41. The summed E-state index contributed by atoms with van der Waals surface area (Å²) in [7, 11) is 0. The summed E-state index contributed by atoms with van der Waals surface area (Å²) in [5, 5.41) is 1.21. The molecule has 2 aromatic rings. The van der Waals surface area contributed by atoms with Crippen LogP contribution in [0.1, 0.15) is 44.1 Å². The van der Waals surface area contributed by atoms with Gasteiger partial charge in [-0.25, -0.2) is 0 Å². The molecule has 0 radical (unpaired) electrons. The minimum absolute atomic E-state index is 0.116. The monoisotopic (exact) mass is 266 g/mol. The van der Waals surface area contributed by atoms with Crippen LogP contribution in [0.15, 0.2) is 36.5 Å². The van der Waals surface area contributed by atoms with Crippen molar-refractivity contribution in [2.45, 2.75) is 44.1 Å². The van der Waals surface area contributed by atoms with Gasteiger partial charge in [0.25, 0.3) is 0 Å². The first-order chi connectivity index (χ1) is 9.74. The number of hydrogen-bond acceptors (Lipinski definition) is 2. The van der Waals surface area contributed by atoms with Gasteiger partial charge in [-0.05, 0) is 61.3 Å². The summed E-state index contributed by atoms with van der Waals surface area (Å²) in [6.07, 6.45) is 9.68. The highest BCUT2D eigenvalue weighted by molar-refractivity contribution is 5.79. The average molecular weight is 266 g/mol. The molecule has 0 amide bonds. The van der Waals surface area contributed by atoms with Gasteiger partial charge in [-0.3, -0.25) is 4.98 Å². The Balaban J connectivity index is 1.69. The van der Waals surface area contributed by atoms with E-state index in [0.29, 0.717) is 0 Å². The lowest BCUT2D eigenvalue weighted by atomic mass is 9.71. The molecule has 104 valence electrons. The minimum atomic E-state index is -0.116. The Bertz CT molecular complexity index is 632. The van der Waals surface area contributed by atoms with Crippen molar-refractivity contribution in [1.82, 2.24) is 4.98 Å². The summed E-state index contributed by atoms with van der Waals surface area (Å²) in [5.74, 6) is 1.83. The maximum atomic E-state index is 6.81. The van der Waals surface area contributed by atoms with Gasteiger partial charge in [0.15, 0.2) is 0 Å². The highest BCUT2D eigenvalue weighted by Gasteiger charge is 2.40. The van der Waals surface area contributed by atoms with E-state index in [4.69, 9.17) is 5.73 Å². The van der Waals surface area contributed by atoms with Crippen LogP contribution in [0.4, 0.5) is 0 Å². The number of aromatic nitrogens is 1. The molecule has 2 aliphatic carbocycles. The van der Waals surface area contributed by atoms with E-state index in [1.807, 2.05) is 12.3 Å². The molecule has 2 atom stereocenters. The number of rotatable bonds is 2. The van der Waals surface area contributed by atoms with Gasteiger partial charge in [0, 0.05) is 17.1 Å². The fraction of sp³-hybridized carbons (Fsp3) is 0.500. The molecule has 2 heteroatoms. The van der Waals surface area contributed by atoms with Crippen LogP contribution in [-0.4, -0.2) is 4.98 Å². The van der Waals surface area contributed by atoms with E-state index in [2.05, 4.69) is 29.2 Å². The molecule has 2 aliphatic rings. The van der Waals surface area contributed by atoms with E-state index in [1.165, 1.54) is 43.1 Å². The largest absolute Gasteiger partial charge is 0.321 e. The van der Waals surface area contributed by atoms with E-state index in [-0.39, 0.29) is 5.54 Å². The molecule has 0 spiro atoms. The van der Waals surface area contributed by atoms with Crippen molar-refractivity contribution in [3.8, 4) is 0 Å². The molecule has 2 unspecified atom stereocenters. The van der Waals surface area contributed by atoms with Crippen molar-refractivity contribution in [1.29, 1.82) is 0 Å². The molecule has 2 nitrogen and oxygen atoms in total. The fourth-order valence-electron chi connectivity index (χ4n) is 3.97. The van der Waals surface area contributed by atoms with Crippen LogP contribution in [-0.2, 0) is 5.54 Å². The van der Waals surface area contributed by atoms with Gasteiger partial charge in [-0.1, -0.05) is 25.0 Å². The molecule has 0 bridgehead atoms. The first-order valence-corrected chi connectivity index (χ1v) is 7.89. The Morgan fingerprint density at radius 3 is 2.85 bits per heavy atom. The molecule has 0 saturated heterocycles. The van der Waals surface area contributed by atoms with E-state index >= 15 is 0 Å². The predicted molar refractivity (Wildman–Crippen MR) is 82.3 cm³/mol. The third-order valence-corrected chi connectivity index (χ3v) is 5.29. The lowest BCUT2D eigenvalue weighted by molar-refractivity contribution is 0.207. The quantitative estimate of drug-likeness (QED) is 0.892. The lowest BCUT2D eigenvalue weighted by Gasteiger charge is -2.39. The van der Waals surface area contributed by atoms with E-state index < -0.39 is 0 Å². The van der Waals surface area contributed by atoms with Crippen molar-refractivity contribution in [3.63, 3.8) is 0 Å². The third-order valence-electron chi connectivity index (χ3n) is 5.29. The number of nitrogens with zero attached hydrogens (tertiary/aromatic N) is 1. The van der Waals surface area contributed by atoms with Crippen LogP contribution in [0.5, 0.6) is 0 Å². The first-order valence-electron chi connectivity index (χ1n) is 7.89. The predicted octanol–water partition coefficient (Wildman–Crippen LogP) is 3.99. The number of fused-ring (bicyclic) bond motifs is 1. The molecule has 4 rings (SSSR count). The van der Waals surface area contributed by atoms with Gasteiger partial charge in [0.2, 0.25) is 0 Å². The maximum absolute atomic E-state index is 6.81. The molecule has 2 fully saturated rings. The second-order valence-electron chi connectivity index (χ2n) is 6.76. The van der Waals surface area contributed by atoms with Crippen molar-refractivity contribution in [3.05, 3.63) is 42.1 Å². The third kappa shape index (κ3) is 2.12. The molecule has 0 aliphatic heterocycles. The van der Waals surface area contributed by atoms with Crippen LogP contribution in [0.2, 0.25) is 0 Å². The zero-order valence-corrected chi connectivity index (χ0v) is 11.9. The van der Waals surface area contributed by atoms with Gasteiger partial charge >= 0.3 is 0 Å². The van der Waals surface area contributed by atoms with E-state index in [0.717, 1.165) is 23.8 Å². The zero-order chi connectivity index (χ0) is 13.6. The molecule has 2 saturated carbocycles. The van der Waals surface area contributed by atoms with Gasteiger partial charge in [0.1, 0.15) is 0 Å². The van der Waals surface area contributed by atoms with E-state index in [1.54, 1.807) is 0 Å². The van der Waals surface area contributed by atoms with Gasteiger partial charge in [0.05, 0.1) is 5.52 Å². The minimum Gasteiger partial charge on any atom is -0.321 e. The number of nitrogens with two attached hydrogens (primary N) is 1. The van der Waals surface area contributed by atoms with Gasteiger partial charge in [-0.15, -0.1) is 0 Å². The van der Waals surface area contributed by atoms with Crippen molar-refractivity contribution in [2.24, 2.45) is 17.6 Å². The summed E-state index contributed by atoms with van der Waals surface area (Å²) >= 11 is 0. The maximum Gasteiger partial charge on any atom is 0.0702 e. The van der Waals surface area contributed by atoms with Crippen LogP contribution in [0, 0.1) is 11.8 Å². The fourth-order valence-corrected chi connectivity index (χ4v) is 3.97. The molecule has 1 aromatic heterocycles. The standard InChI is InChI=1S/C18H22N2/c19-18(9-1-3-15(12-18)13-5-6-13)16-7-8-17-14(11-16)4-2-10-20-17/h2,4,7-8,10-11,13,15H,1,3,5-6,9,12,19H2. The van der Waals surface area contributed by atoms with Crippen molar-refractivity contribution >= 4 is 10.9 Å². The second kappa shape index (κ2) is 4.56. The van der Waals surface area contributed by atoms with Crippen molar-refractivity contribution in [2.75, 3.05) is 0 Å². The molecule has 1 aromatic carbocycles. The number of hydrogen-bond donors (Lipinski definition) is 1. The summed E-state index contributed by atoms with van der Waals surface area (Å²) < 4.78 is 0. The normalized spacial score (nSPS) is 30.6. The Kier molecular flexibility index (Phi) is 2.81. The second-order valence-corrected chi connectivity index (χ2v) is 6.76. The Morgan fingerprint density at radius 1 is 1.10 bits per heavy atom. The zero-order valence-electron chi connectivity index (χ0n) is 11.9. The average Bonchev–Trinajstić information content (AvgIpc) is 3.31. The summed E-state index contributed by atoms with van der Waals surface area (Å²) in [6, 6.07) is 10.7. The smallest absolute Gasteiger partial charge is 0.0702 e. The lowest BCUT2D eigenvalue weighted by Crippen LogP contribution is -2.41. The summed E-state index contributed by atoms with van der Waals surface area (Å²) in [5.41, 5.74) is 9.06. The summed E-state index contributed by atoms with van der Waals surface area (Å²) in [4.78, 5) is 4.40. The van der Waals surface area contributed by atoms with E-state index in [9.17, 15) is 0 Å². The number of pyridine rings is 1. The van der Waals surface area contributed by atoms with Crippen molar-refractivity contribution < 1.29 is 0 Å².